The van der Waals surface area contributed by atoms with Crippen LogP contribution in [0.25, 0.3) is 0 Å². The lowest BCUT2D eigenvalue weighted by Gasteiger charge is -2.15. The first-order chi connectivity index (χ1) is 10.2. The fraction of sp³-hybridized carbons (Fsp3) is 0.312. The van der Waals surface area contributed by atoms with Crippen LogP contribution in [0.5, 0.6) is 0 Å². The number of rotatable bonds is 7. The highest BCUT2D eigenvalue weighted by Crippen LogP contribution is 2.17. The summed E-state index contributed by atoms with van der Waals surface area (Å²) in [6.45, 7) is 2.13. The maximum Gasteiger partial charge on any atom is 0.250 e. The summed E-state index contributed by atoms with van der Waals surface area (Å²) < 4.78 is 10.1. The summed E-state index contributed by atoms with van der Waals surface area (Å²) in [6.07, 6.45) is 2.47. The van der Waals surface area contributed by atoms with Crippen molar-refractivity contribution in [2.75, 3.05) is 24.4 Å². The number of carbonyl (C=O) groups is 1. The van der Waals surface area contributed by atoms with Gasteiger partial charge in [0, 0.05) is 30.9 Å². The van der Waals surface area contributed by atoms with Crippen molar-refractivity contribution in [3.05, 3.63) is 48.4 Å². The first-order valence-corrected chi connectivity index (χ1v) is 6.85. The zero-order valence-corrected chi connectivity index (χ0v) is 12.3. The zero-order chi connectivity index (χ0) is 15.1. The van der Waals surface area contributed by atoms with E-state index in [1.165, 1.54) is 7.11 Å². The van der Waals surface area contributed by atoms with Crippen LogP contribution in [-0.2, 0) is 16.0 Å². The molecule has 1 atom stereocenters. The summed E-state index contributed by atoms with van der Waals surface area (Å²) in [6, 6.07) is 11.7. The molecule has 0 saturated heterocycles. The maximum absolute atomic E-state index is 11.5. The molecule has 1 unspecified atom stereocenters. The molecule has 0 fully saturated rings. The number of hydrogen-bond acceptors (Lipinski definition) is 4. The molecule has 1 amide bonds. The number of carbonyl (C=O) groups excluding carboxylic acids is 1. The number of anilines is 2. The topological polar surface area (TPSA) is 63.5 Å². The Labute approximate surface area is 124 Å². The van der Waals surface area contributed by atoms with Gasteiger partial charge >= 0.3 is 0 Å². The van der Waals surface area contributed by atoms with Crippen LogP contribution in [-0.4, -0.2) is 25.7 Å². The molecule has 0 aliphatic carbocycles. The van der Waals surface area contributed by atoms with Crippen molar-refractivity contribution >= 4 is 17.3 Å². The van der Waals surface area contributed by atoms with E-state index in [0.29, 0.717) is 0 Å². The summed E-state index contributed by atoms with van der Waals surface area (Å²) >= 11 is 0. The molecule has 5 heteroatoms. The predicted octanol–water partition coefficient (Wildman–Crippen LogP) is 2.91. The molecular weight excluding hydrogens is 268 g/mol. The first kappa shape index (κ1) is 15.1. The van der Waals surface area contributed by atoms with Crippen molar-refractivity contribution in [1.29, 1.82) is 0 Å². The Kier molecular flexibility index (Phi) is 5.40. The third-order valence-corrected chi connectivity index (χ3v) is 2.92. The lowest BCUT2D eigenvalue weighted by Crippen LogP contribution is -2.19. The standard InChI is InChI=1S/C16H20N2O3/c1-12(9-15-7-4-8-21-15)17-13-5-3-6-14(10-13)18-16(19)11-20-2/h3-8,10,12,17H,9,11H2,1-2H3,(H,18,19). The Morgan fingerprint density at radius 3 is 2.81 bits per heavy atom. The minimum Gasteiger partial charge on any atom is -0.469 e. The summed E-state index contributed by atoms with van der Waals surface area (Å²) in [5.74, 6) is 0.776. The van der Waals surface area contributed by atoms with E-state index in [1.807, 2.05) is 36.4 Å². The van der Waals surface area contributed by atoms with Crippen LogP contribution in [0.1, 0.15) is 12.7 Å². The molecule has 1 aromatic carbocycles. The highest BCUT2D eigenvalue weighted by Gasteiger charge is 2.07. The average Bonchev–Trinajstić information content (AvgIpc) is 2.92. The second-order valence-corrected chi connectivity index (χ2v) is 4.89. The van der Waals surface area contributed by atoms with E-state index in [2.05, 4.69) is 17.6 Å². The molecule has 21 heavy (non-hydrogen) atoms. The minimum atomic E-state index is -0.168. The van der Waals surface area contributed by atoms with Crippen molar-refractivity contribution in [2.45, 2.75) is 19.4 Å². The van der Waals surface area contributed by atoms with Gasteiger partial charge in [-0.2, -0.15) is 0 Å². The van der Waals surface area contributed by atoms with Gasteiger partial charge in [-0.15, -0.1) is 0 Å². The summed E-state index contributed by atoms with van der Waals surface area (Å²) in [7, 11) is 1.49. The van der Waals surface area contributed by atoms with E-state index in [0.717, 1.165) is 23.6 Å². The van der Waals surface area contributed by atoms with Gasteiger partial charge in [-0.05, 0) is 37.3 Å². The molecule has 2 rings (SSSR count). The second-order valence-electron chi connectivity index (χ2n) is 4.89. The van der Waals surface area contributed by atoms with Gasteiger partial charge in [-0.25, -0.2) is 0 Å². The Hall–Kier alpha value is -2.27. The van der Waals surface area contributed by atoms with E-state index in [1.54, 1.807) is 6.26 Å². The van der Waals surface area contributed by atoms with Crippen LogP contribution in [0.2, 0.25) is 0 Å². The SMILES string of the molecule is COCC(=O)Nc1cccc(NC(C)Cc2ccco2)c1. The van der Waals surface area contributed by atoms with Crippen LogP contribution >= 0.6 is 0 Å². The van der Waals surface area contributed by atoms with Crippen molar-refractivity contribution in [3.8, 4) is 0 Å². The van der Waals surface area contributed by atoms with Crippen LogP contribution in [0.4, 0.5) is 11.4 Å². The Morgan fingerprint density at radius 1 is 1.29 bits per heavy atom. The summed E-state index contributed by atoms with van der Waals surface area (Å²) in [5.41, 5.74) is 1.69. The lowest BCUT2D eigenvalue weighted by atomic mass is 10.2. The molecule has 0 aliphatic heterocycles. The van der Waals surface area contributed by atoms with Gasteiger partial charge in [0.1, 0.15) is 12.4 Å². The average molecular weight is 288 g/mol. The molecule has 1 aromatic heterocycles. The van der Waals surface area contributed by atoms with Crippen molar-refractivity contribution in [3.63, 3.8) is 0 Å². The number of furan rings is 1. The molecule has 112 valence electrons. The quantitative estimate of drug-likeness (QED) is 0.822. The molecule has 1 heterocycles. The molecular formula is C16H20N2O3. The van der Waals surface area contributed by atoms with Gasteiger partial charge in [0.05, 0.1) is 6.26 Å². The number of methoxy groups -OCH3 is 1. The van der Waals surface area contributed by atoms with E-state index in [4.69, 9.17) is 9.15 Å². The number of nitrogens with one attached hydrogen (secondary N) is 2. The van der Waals surface area contributed by atoms with Gasteiger partial charge in [-0.3, -0.25) is 4.79 Å². The minimum absolute atomic E-state index is 0.0482. The van der Waals surface area contributed by atoms with E-state index >= 15 is 0 Å². The van der Waals surface area contributed by atoms with Gasteiger partial charge in [0.2, 0.25) is 5.91 Å². The zero-order valence-electron chi connectivity index (χ0n) is 12.3. The van der Waals surface area contributed by atoms with Crippen LogP contribution < -0.4 is 10.6 Å². The predicted molar refractivity (Wildman–Crippen MR) is 82.4 cm³/mol. The highest BCUT2D eigenvalue weighted by atomic mass is 16.5. The Bertz CT molecular complexity index is 567. The number of benzene rings is 1. The van der Waals surface area contributed by atoms with E-state index in [9.17, 15) is 4.79 Å². The highest BCUT2D eigenvalue weighted by molar-refractivity contribution is 5.92. The molecule has 0 bridgehead atoms. The summed E-state index contributed by atoms with van der Waals surface area (Å²) in [4.78, 5) is 11.5. The second kappa shape index (κ2) is 7.50. The van der Waals surface area contributed by atoms with Crippen LogP contribution in [0.15, 0.2) is 47.1 Å². The first-order valence-electron chi connectivity index (χ1n) is 6.85. The number of ether oxygens (including phenoxy) is 1. The number of amides is 1. The molecule has 2 aromatic rings. The van der Waals surface area contributed by atoms with Crippen LogP contribution in [0.3, 0.4) is 0 Å². The third kappa shape index (κ3) is 4.96. The molecule has 0 saturated carbocycles. The van der Waals surface area contributed by atoms with E-state index in [-0.39, 0.29) is 18.6 Å². The molecule has 5 nitrogen and oxygen atoms in total. The van der Waals surface area contributed by atoms with Crippen molar-refractivity contribution < 1.29 is 13.9 Å². The van der Waals surface area contributed by atoms with Gasteiger partial charge in [0.15, 0.2) is 0 Å². The van der Waals surface area contributed by atoms with Gasteiger partial charge < -0.3 is 19.8 Å². The van der Waals surface area contributed by atoms with Crippen molar-refractivity contribution in [1.82, 2.24) is 0 Å². The fourth-order valence-electron chi connectivity index (χ4n) is 2.08. The van der Waals surface area contributed by atoms with Gasteiger partial charge in [-0.1, -0.05) is 6.07 Å². The largest absolute Gasteiger partial charge is 0.469 e. The third-order valence-electron chi connectivity index (χ3n) is 2.92. The maximum atomic E-state index is 11.5. The van der Waals surface area contributed by atoms with E-state index < -0.39 is 0 Å². The number of hydrogen-bond donors (Lipinski definition) is 2. The normalized spacial score (nSPS) is 11.9. The van der Waals surface area contributed by atoms with Crippen molar-refractivity contribution in [2.24, 2.45) is 0 Å². The summed E-state index contributed by atoms with van der Waals surface area (Å²) in [5, 5.41) is 6.16. The Morgan fingerprint density at radius 2 is 2.10 bits per heavy atom. The monoisotopic (exact) mass is 288 g/mol. The fourth-order valence-corrected chi connectivity index (χ4v) is 2.08. The smallest absolute Gasteiger partial charge is 0.250 e. The van der Waals surface area contributed by atoms with Gasteiger partial charge in [0.25, 0.3) is 0 Å². The molecule has 0 spiro atoms. The Balaban J connectivity index is 1.92. The lowest BCUT2D eigenvalue weighted by molar-refractivity contribution is -0.119. The molecule has 0 radical (unpaired) electrons. The molecule has 2 N–H and O–H groups in total. The van der Waals surface area contributed by atoms with Crippen LogP contribution in [0, 0.1) is 0 Å². The molecule has 0 aliphatic rings.